The Balaban J connectivity index is 1.43. The van der Waals surface area contributed by atoms with Crippen LogP contribution in [-0.4, -0.2) is 48.2 Å². The molecule has 0 radical (unpaired) electrons. The summed E-state index contributed by atoms with van der Waals surface area (Å²) < 4.78 is 6.59. The van der Waals surface area contributed by atoms with Crippen molar-refractivity contribution in [3.05, 3.63) is 52.8 Å². The van der Waals surface area contributed by atoms with Gasteiger partial charge in [-0.05, 0) is 49.4 Å². The first-order chi connectivity index (χ1) is 13.7. The van der Waals surface area contributed by atoms with Crippen molar-refractivity contribution in [2.45, 2.75) is 37.1 Å². The molecule has 2 aromatic rings. The predicted octanol–water partition coefficient (Wildman–Crippen LogP) is 3.07. The van der Waals surface area contributed by atoms with Gasteiger partial charge >= 0.3 is 0 Å². The van der Waals surface area contributed by atoms with E-state index in [0.29, 0.717) is 13.2 Å². The topological polar surface area (TPSA) is 67.4 Å². The second kappa shape index (κ2) is 8.57. The maximum Gasteiger partial charge on any atom is 0.231 e. The lowest BCUT2D eigenvalue weighted by molar-refractivity contribution is -0.131. The standard InChI is InChI=1S/C21H25BrN4O2/c22-17-4-2-16(3-5-17)21(8-14-28-15-9-21)19(27)25-18-6-12-26(13-7-18)20-23-10-1-11-24-20/h1-5,10-11,18H,6-9,12-15H2,(H,25,27). The van der Waals surface area contributed by atoms with E-state index in [4.69, 9.17) is 4.74 Å². The largest absolute Gasteiger partial charge is 0.381 e. The van der Waals surface area contributed by atoms with E-state index < -0.39 is 5.41 Å². The third kappa shape index (κ3) is 4.05. The Kier molecular flexibility index (Phi) is 5.92. The van der Waals surface area contributed by atoms with E-state index in [9.17, 15) is 4.79 Å². The smallest absolute Gasteiger partial charge is 0.231 e. The van der Waals surface area contributed by atoms with E-state index in [1.807, 2.05) is 18.2 Å². The maximum atomic E-state index is 13.4. The van der Waals surface area contributed by atoms with E-state index in [2.05, 4.69) is 48.2 Å². The molecule has 1 aromatic carbocycles. The number of amides is 1. The van der Waals surface area contributed by atoms with Gasteiger partial charge in [0.05, 0.1) is 5.41 Å². The summed E-state index contributed by atoms with van der Waals surface area (Å²) in [5.41, 5.74) is 0.574. The number of carbonyl (C=O) groups is 1. The molecule has 0 aliphatic carbocycles. The average Bonchev–Trinajstić information content (AvgIpc) is 2.76. The Morgan fingerprint density at radius 2 is 1.75 bits per heavy atom. The molecule has 1 N–H and O–H groups in total. The lowest BCUT2D eigenvalue weighted by Gasteiger charge is -2.39. The minimum Gasteiger partial charge on any atom is -0.381 e. The molecule has 1 amide bonds. The van der Waals surface area contributed by atoms with Gasteiger partial charge in [0.1, 0.15) is 0 Å². The Hall–Kier alpha value is -1.99. The monoisotopic (exact) mass is 444 g/mol. The van der Waals surface area contributed by atoms with Gasteiger partial charge in [-0.15, -0.1) is 0 Å². The van der Waals surface area contributed by atoms with Crippen LogP contribution in [0.5, 0.6) is 0 Å². The van der Waals surface area contributed by atoms with Crippen molar-refractivity contribution in [1.82, 2.24) is 15.3 Å². The number of nitrogens with one attached hydrogen (secondary N) is 1. The fraction of sp³-hybridized carbons (Fsp3) is 0.476. The van der Waals surface area contributed by atoms with E-state index >= 15 is 0 Å². The van der Waals surface area contributed by atoms with Gasteiger partial charge in [-0.3, -0.25) is 4.79 Å². The molecule has 148 valence electrons. The number of carbonyl (C=O) groups excluding carboxylic acids is 1. The van der Waals surface area contributed by atoms with Crippen molar-refractivity contribution in [2.24, 2.45) is 0 Å². The summed E-state index contributed by atoms with van der Waals surface area (Å²) in [5, 5.41) is 3.34. The fourth-order valence-corrected chi connectivity index (χ4v) is 4.40. The predicted molar refractivity (Wildman–Crippen MR) is 111 cm³/mol. The summed E-state index contributed by atoms with van der Waals surface area (Å²) in [6.07, 6.45) is 6.77. The van der Waals surface area contributed by atoms with Crippen LogP contribution in [-0.2, 0) is 14.9 Å². The van der Waals surface area contributed by atoms with Gasteiger partial charge in [0.25, 0.3) is 0 Å². The second-order valence-corrected chi connectivity index (χ2v) is 8.40. The minimum atomic E-state index is -0.501. The molecule has 6 nitrogen and oxygen atoms in total. The van der Waals surface area contributed by atoms with Gasteiger partial charge in [-0.1, -0.05) is 28.1 Å². The highest BCUT2D eigenvalue weighted by Gasteiger charge is 2.42. The van der Waals surface area contributed by atoms with Crippen LogP contribution >= 0.6 is 15.9 Å². The van der Waals surface area contributed by atoms with Crippen molar-refractivity contribution in [3.8, 4) is 0 Å². The molecule has 7 heteroatoms. The van der Waals surface area contributed by atoms with Crippen molar-refractivity contribution in [2.75, 3.05) is 31.2 Å². The lowest BCUT2D eigenvalue weighted by atomic mass is 9.73. The minimum absolute atomic E-state index is 0.132. The molecule has 4 rings (SSSR count). The molecule has 0 bridgehead atoms. The van der Waals surface area contributed by atoms with E-state index in [1.54, 1.807) is 12.4 Å². The number of halogens is 1. The summed E-state index contributed by atoms with van der Waals surface area (Å²) in [5.74, 6) is 0.899. The zero-order chi connectivity index (χ0) is 19.4. The van der Waals surface area contributed by atoms with Crippen molar-refractivity contribution < 1.29 is 9.53 Å². The number of aromatic nitrogens is 2. The highest BCUT2D eigenvalue weighted by atomic mass is 79.9. The summed E-state index contributed by atoms with van der Waals surface area (Å²) >= 11 is 3.49. The Bertz CT molecular complexity index is 786. The molecule has 2 saturated heterocycles. The Labute approximate surface area is 173 Å². The number of ether oxygens (including phenoxy) is 1. The van der Waals surface area contributed by atoms with Crippen LogP contribution in [0.25, 0.3) is 0 Å². The van der Waals surface area contributed by atoms with E-state index in [0.717, 1.165) is 54.8 Å². The van der Waals surface area contributed by atoms with Crippen molar-refractivity contribution in [1.29, 1.82) is 0 Å². The molecule has 28 heavy (non-hydrogen) atoms. The number of anilines is 1. The molecule has 2 fully saturated rings. The third-order valence-corrected chi connectivity index (χ3v) is 6.37. The van der Waals surface area contributed by atoms with Crippen LogP contribution in [0, 0.1) is 0 Å². The molecule has 0 atom stereocenters. The quantitative estimate of drug-likeness (QED) is 0.784. The first kappa shape index (κ1) is 19.3. The molecular formula is C21H25BrN4O2. The van der Waals surface area contributed by atoms with Crippen molar-refractivity contribution >= 4 is 27.8 Å². The van der Waals surface area contributed by atoms with Gasteiger partial charge in [-0.25, -0.2) is 9.97 Å². The van der Waals surface area contributed by atoms with Gasteiger partial charge in [-0.2, -0.15) is 0 Å². The molecule has 0 unspecified atom stereocenters. The zero-order valence-corrected chi connectivity index (χ0v) is 17.4. The Morgan fingerprint density at radius 1 is 1.11 bits per heavy atom. The molecular weight excluding hydrogens is 420 g/mol. The van der Waals surface area contributed by atoms with Crippen LogP contribution < -0.4 is 10.2 Å². The molecule has 1 aromatic heterocycles. The fourth-order valence-electron chi connectivity index (χ4n) is 4.14. The highest BCUT2D eigenvalue weighted by Crippen LogP contribution is 2.36. The van der Waals surface area contributed by atoms with E-state index in [1.165, 1.54) is 0 Å². The van der Waals surface area contributed by atoms with Gasteiger partial charge < -0.3 is 15.0 Å². The molecule has 2 aliphatic heterocycles. The van der Waals surface area contributed by atoms with Crippen LogP contribution in [0.2, 0.25) is 0 Å². The first-order valence-corrected chi connectivity index (χ1v) is 10.6. The average molecular weight is 445 g/mol. The second-order valence-electron chi connectivity index (χ2n) is 7.48. The number of rotatable bonds is 4. The van der Waals surface area contributed by atoms with Gasteiger partial charge in [0, 0.05) is 49.2 Å². The lowest BCUT2D eigenvalue weighted by Crippen LogP contribution is -2.53. The van der Waals surface area contributed by atoms with Crippen LogP contribution in [0.3, 0.4) is 0 Å². The number of benzene rings is 1. The summed E-state index contributed by atoms with van der Waals surface area (Å²) in [7, 11) is 0. The third-order valence-electron chi connectivity index (χ3n) is 5.84. The number of hydrogen-bond acceptors (Lipinski definition) is 5. The molecule has 0 spiro atoms. The zero-order valence-electron chi connectivity index (χ0n) is 15.8. The van der Waals surface area contributed by atoms with Gasteiger partial charge in [0.2, 0.25) is 11.9 Å². The Morgan fingerprint density at radius 3 is 2.39 bits per heavy atom. The summed E-state index contributed by atoms with van der Waals surface area (Å²) in [6, 6.07) is 10.2. The van der Waals surface area contributed by atoms with E-state index in [-0.39, 0.29) is 11.9 Å². The highest BCUT2D eigenvalue weighted by molar-refractivity contribution is 9.10. The van der Waals surface area contributed by atoms with Gasteiger partial charge in [0.15, 0.2) is 0 Å². The summed E-state index contributed by atoms with van der Waals surface area (Å²) in [6.45, 7) is 2.94. The molecule has 3 heterocycles. The maximum absolute atomic E-state index is 13.4. The molecule has 2 aliphatic rings. The number of piperidine rings is 1. The summed E-state index contributed by atoms with van der Waals surface area (Å²) in [4.78, 5) is 24.2. The SMILES string of the molecule is O=C(NC1CCN(c2ncccn2)CC1)C1(c2ccc(Br)cc2)CCOCC1. The number of nitrogens with zero attached hydrogens (tertiary/aromatic N) is 3. The normalized spacial score (nSPS) is 20.0. The molecule has 0 saturated carbocycles. The van der Waals surface area contributed by atoms with Crippen molar-refractivity contribution in [3.63, 3.8) is 0 Å². The van der Waals surface area contributed by atoms with Crippen LogP contribution in [0.15, 0.2) is 47.2 Å². The first-order valence-electron chi connectivity index (χ1n) is 9.84. The van der Waals surface area contributed by atoms with Crippen LogP contribution in [0.1, 0.15) is 31.2 Å². The number of hydrogen-bond donors (Lipinski definition) is 1. The van der Waals surface area contributed by atoms with Crippen LogP contribution in [0.4, 0.5) is 5.95 Å².